The molecule has 0 spiro atoms. The van der Waals surface area contributed by atoms with Gasteiger partial charge in [0.15, 0.2) is 5.11 Å². The number of hydrogen-bond acceptors (Lipinski definition) is 5. The topological polar surface area (TPSA) is 54.8 Å². The molecule has 0 saturated carbocycles. The van der Waals surface area contributed by atoms with Crippen LogP contribution in [-0.4, -0.2) is 71.0 Å². The van der Waals surface area contributed by atoms with Gasteiger partial charge in [-0.2, -0.15) is 0 Å². The maximum Gasteiger partial charge on any atom is 0.170 e. The minimum absolute atomic E-state index is 0.00893. The lowest BCUT2D eigenvalue weighted by Crippen LogP contribution is -2.42. The Morgan fingerprint density at radius 1 is 1.09 bits per heavy atom. The van der Waals surface area contributed by atoms with Crippen molar-refractivity contribution in [3.05, 3.63) is 78.4 Å². The number of nitrogens with zero attached hydrogens (tertiary/aromatic N) is 4. The first-order valence-electron chi connectivity index (χ1n) is 11.3. The van der Waals surface area contributed by atoms with E-state index in [2.05, 4.69) is 61.2 Å². The number of aromatic nitrogens is 2. The molecule has 2 fully saturated rings. The number of nitrogens with one attached hydrogen (secondary N) is 1. The van der Waals surface area contributed by atoms with Crippen LogP contribution in [0.1, 0.15) is 23.5 Å². The summed E-state index contributed by atoms with van der Waals surface area (Å²) in [5.41, 5.74) is 3.20. The van der Waals surface area contributed by atoms with Crippen LogP contribution in [0.25, 0.3) is 5.69 Å². The minimum atomic E-state index is -0.0392. The molecule has 0 amide bonds. The molecule has 2 aliphatic heterocycles. The van der Waals surface area contributed by atoms with Crippen molar-refractivity contribution in [2.75, 3.05) is 46.5 Å². The third kappa shape index (κ3) is 4.59. The van der Waals surface area contributed by atoms with Crippen LogP contribution in [-0.2, 0) is 4.74 Å². The third-order valence-corrected chi connectivity index (χ3v) is 6.73. The molecule has 172 valence electrons. The summed E-state index contributed by atoms with van der Waals surface area (Å²) < 4.78 is 13.2. The molecule has 0 unspecified atom stereocenters. The van der Waals surface area contributed by atoms with Gasteiger partial charge in [0, 0.05) is 56.0 Å². The molecular weight excluding hydrogens is 434 g/mol. The molecule has 0 radical (unpaired) electrons. The van der Waals surface area contributed by atoms with E-state index >= 15 is 0 Å². The number of hydrogen-bond donors (Lipinski definition) is 1. The molecule has 8 heteroatoms. The summed E-state index contributed by atoms with van der Waals surface area (Å²) in [7, 11) is 1.69. The van der Waals surface area contributed by atoms with E-state index in [1.54, 1.807) is 7.11 Å². The average Bonchev–Trinajstić information content (AvgIpc) is 3.48. The van der Waals surface area contributed by atoms with Crippen molar-refractivity contribution < 1.29 is 9.47 Å². The minimum Gasteiger partial charge on any atom is -0.497 e. The van der Waals surface area contributed by atoms with Crippen molar-refractivity contribution in [3.63, 3.8) is 0 Å². The van der Waals surface area contributed by atoms with E-state index in [9.17, 15) is 0 Å². The molecule has 2 saturated heterocycles. The van der Waals surface area contributed by atoms with Gasteiger partial charge in [-0.25, -0.2) is 0 Å². The van der Waals surface area contributed by atoms with Gasteiger partial charge in [0.1, 0.15) is 5.75 Å². The Balaban J connectivity index is 1.50. The molecule has 2 aromatic heterocycles. The molecule has 0 bridgehead atoms. The molecule has 33 heavy (non-hydrogen) atoms. The number of rotatable bonds is 7. The van der Waals surface area contributed by atoms with Gasteiger partial charge < -0.3 is 24.3 Å². The summed E-state index contributed by atoms with van der Waals surface area (Å²) in [4.78, 5) is 9.42. The first-order chi connectivity index (χ1) is 16.2. The van der Waals surface area contributed by atoms with Crippen molar-refractivity contribution in [1.82, 2.24) is 24.7 Å². The number of morpholine rings is 1. The van der Waals surface area contributed by atoms with Crippen LogP contribution in [0.3, 0.4) is 0 Å². The molecule has 1 aromatic carbocycles. The third-order valence-electron chi connectivity index (χ3n) is 6.37. The fourth-order valence-corrected chi connectivity index (χ4v) is 5.00. The largest absolute Gasteiger partial charge is 0.497 e. The highest BCUT2D eigenvalue weighted by atomic mass is 32.1. The second kappa shape index (κ2) is 9.91. The monoisotopic (exact) mass is 463 g/mol. The fraction of sp³-hybridized carbons (Fsp3) is 0.360. The quantitative estimate of drug-likeness (QED) is 0.540. The number of ether oxygens (including phenoxy) is 2. The lowest BCUT2D eigenvalue weighted by Gasteiger charge is -2.32. The second-order valence-electron chi connectivity index (χ2n) is 8.28. The summed E-state index contributed by atoms with van der Waals surface area (Å²) in [6, 6.07) is 18.4. The SMILES string of the molecule is COc1cccc(-n2cccc2[C@@H]2[C@@H](c3ccccn3)NC(=S)N2CCN2CCOCC2)c1. The Labute approximate surface area is 199 Å². The van der Waals surface area contributed by atoms with Gasteiger partial charge in [-0.1, -0.05) is 12.1 Å². The Bertz CT molecular complexity index is 1080. The van der Waals surface area contributed by atoms with Crippen LogP contribution in [0.2, 0.25) is 0 Å². The summed E-state index contributed by atoms with van der Waals surface area (Å²) in [6.45, 7) is 5.29. The van der Waals surface area contributed by atoms with Gasteiger partial charge in [-0.15, -0.1) is 0 Å². The van der Waals surface area contributed by atoms with Crippen LogP contribution in [0, 0.1) is 0 Å². The van der Waals surface area contributed by atoms with Crippen molar-refractivity contribution in [1.29, 1.82) is 0 Å². The van der Waals surface area contributed by atoms with Crippen LogP contribution in [0.4, 0.5) is 0 Å². The molecule has 4 heterocycles. The molecule has 3 aromatic rings. The average molecular weight is 464 g/mol. The molecule has 2 aliphatic rings. The van der Waals surface area contributed by atoms with E-state index in [1.165, 1.54) is 0 Å². The van der Waals surface area contributed by atoms with Gasteiger partial charge in [-0.3, -0.25) is 9.88 Å². The Hall–Kier alpha value is -2.94. The summed E-state index contributed by atoms with van der Waals surface area (Å²) in [6.07, 6.45) is 3.94. The molecule has 5 rings (SSSR count). The molecule has 1 N–H and O–H groups in total. The normalized spacial score (nSPS) is 21.2. The number of thiocarbonyl (C=S) groups is 1. The van der Waals surface area contributed by atoms with Gasteiger partial charge in [0.2, 0.25) is 0 Å². The highest BCUT2D eigenvalue weighted by Gasteiger charge is 2.41. The van der Waals surface area contributed by atoms with E-state index in [0.717, 1.165) is 67.3 Å². The highest BCUT2D eigenvalue weighted by molar-refractivity contribution is 7.80. The van der Waals surface area contributed by atoms with E-state index < -0.39 is 0 Å². The Kier molecular flexibility index (Phi) is 6.57. The molecular formula is C25H29N5O2S. The predicted octanol–water partition coefficient (Wildman–Crippen LogP) is 3.19. The standard InChI is InChI=1S/C25H29N5O2S/c1-31-20-7-4-6-19(18-20)29-11-5-9-22(29)24-23(21-8-2-3-10-26-21)27-25(33)30(24)13-12-28-14-16-32-17-15-28/h2-11,18,23-24H,12-17H2,1H3,(H,27,33)/t23-,24-/m1/s1. The van der Waals surface area contributed by atoms with E-state index in [-0.39, 0.29) is 12.1 Å². The van der Waals surface area contributed by atoms with E-state index in [1.807, 2.05) is 30.5 Å². The summed E-state index contributed by atoms with van der Waals surface area (Å²) in [5, 5.41) is 4.33. The second-order valence-corrected chi connectivity index (χ2v) is 8.67. The van der Waals surface area contributed by atoms with Gasteiger partial charge in [0.05, 0.1) is 38.1 Å². The zero-order valence-electron chi connectivity index (χ0n) is 18.8. The van der Waals surface area contributed by atoms with Crippen molar-refractivity contribution in [2.45, 2.75) is 12.1 Å². The molecule has 7 nitrogen and oxygen atoms in total. The predicted molar refractivity (Wildman–Crippen MR) is 132 cm³/mol. The van der Waals surface area contributed by atoms with Crippen molar-refractivity contribution in [3.8, 4) is 11.4 Å². The van der Waals surface area contributed by atoms with Gasteiger partial charge >= 0.3 is 0 Å². The van der Waals surface area contributed by atoms with Crippen LogP contribution < -0.4 is 10.1 Å². The fourth-order valence-electron chi connectivity index (χ4n) is 4.67. The smallest absolute Gasteiger partial charge is 0.170 e. The van der Waals surface area contributed by atoms with Crippen molar-refractivity contribution >= 4 is 17.3 Å². The lowest BCUT2D eigenvalue weighted by atomic mass is 10.0. The van der Waals surface area contributed by atoms with Crippen LogP contribution >= 0.6 is 12.2 Å². The van der Waals surface area contributed by atoms with Gasteiger partial charge in [-0.05, 0) is 48.6 Å². The van der Waals surface area contributed by atoms with Gasteiger partial charge in [0.25, 0.3) is 0 Å². The zero-order valence-corrected chi connectivity index (χ0v) is 19.6. The summed E-state index contributed by atoms with van der Waals surface area (Å²) >= 11 is 5.85. The zero-order chi connectivity index (χ0) is 22.6. The van der Waals surface area contributed by atoms with Crippen molar-refractivity contribution in [2.24, 2.45) is 0 Å². The number of benzene rings is 1. The molecule has 0 aliphatic carbocycles. The lowest BCUT2D eigenvalue weighted by molar-refractivity contribution is 0.0349. The summed E-state index contributed by atoms with van der Waals surface area (Å²) in [5.74, 6) is 0.831. The number of methoxy groups -OCH3 is 1. The first-order valence-corrected chi connectivity index (χ1v) is 11.8. The van der Waals surface area contributed by atoms with E-state index in [4.69, 9.17) is 21.7 Å². The maximum atomic E-state index is 5.85. The highest BCUT2D eigenvalue weighted by Crippen LogP contribution is 2.39. The maximum absolute atomic E-state index is 5.85. The number of pyridine rings is 1. The first kappa shape index (κ1) is 21.9. The van der Waals surface area contributed by atoms with Crippen LogP contribution in [0.5, 0.6) is 5.75 Å². The molecule has 2 atom stereocenters. The van der Waals surface area contributed by atoms with E-state index in [0.29, 0.717) is 0 Å². The van der Waals surface area contributed by atoms with Crippen LogP contribution in [0.15, 0.2) is 67.0 Å². The Morgan fingerprint density at radius 2 is 1.97 bits per heavy atom. The Morgan fingerprint density at radius 3 is 2.76 bits per heavy atom.